The fraction of sp³-hybridized carbons (Fsp3) is 0. The van der Waals surface area contributed by atoms with Crippen molar-refractivity contribution in [3.8, 4) is 22.4 Å². The Morgan fingerprint density at radius 2 is 1.62 bits per heavy atom. The number of halogens is 1. The zero-order valence-corrected chi connectivity index (χ0v) is 17.0. The monoisotopic (exact) mass is 416 g/mol. The van der Waals surface area contributed by atoms with Crippen molar-refractivity contribution in [3.05, 3.63) is 101 Å². The van der Waals surface area contributed by atoms with E-state index in [2.05, 4.69) is 34.6 Å². The summed E-state index contributed by atoms with van der Waals surface area (Å²) in [6.07, 6.45) is 3.19. The lowest BCUT2D eigenvalue weighted by molar-refractivity contribution is -0.111. The van der Waals surface area contributed by atoms with Crippen molar-refractivity contribution in [3.63, 3.8) is 0 Å². The highest BCUT2D eigenvalue weighted by Gasteiger charge is 2.07. The fourth-order valence-electron chi connectivity index (χ4n) is 2.86. The molecule has 142 valence electrons. The largest absolute Gasteiger partial charge is 0.298 e. The summed E-state index contributed by atoms with van der Waals surface area (Å²) < 4.78 is 0. The summed E-state index contributed by atoms with van der Waals surface area (Å²) in [6, 6.07) is 25.8. The van der Waals surface area contributed by atoms with Crippen LogP contribution in [0.1, 0.15) is 5.56 Å². The number of carbonyl (C=O) groups is 1. The predicted octanol–water partition coefficient (Wildman–Crippen LogP) is 6.78. The number of hydrogen-bond donors (Lipinski definition) is 1. The highest BCUT2D eigenvalue weighted by Crippen LogP contribution is 2.27. The molecule has 3 nitrogen and oxygen atoms in total. The Bertz CT molecular complexity index is 1150. The molecular weight excluding hydrogens is 400 g/mol. The van der Waals surface area contributed by atoms with Gasteiger partial charge in [-0.05, 0) is 34.9 Å². The van der Waals surface area contributed by atoms with Gasteiger partial charge in [-0.3, -0.25) is 10.1 Å². The van der Waals surface area contributed by atoms with Gasteiger partial charge in [0, 0.05) is 22.0 Å². The average Bonchev–Trinajstić information content (AvgIpc) is 3.21. The molecule has 0 radical (unpaired) electrons. The van der Waals surface area contributed by atoms with Crippen LogP contribution in [0.4, 0.5) is 5.13 Å². The van der Waals surface area contributed by atoms with Crippen LogP contribution < -0.4 is 5.32 Å². The number of anilines is 1. The van der Waals surface area contributed by atoms with Crippen LogP contribution in [0.5, 0.6) is 0 Å². The molecule has 1 amide bonds. The molecule has 3 aromatic carbocycles. The number of aromatic nitrogens is 1. The lowest BCUT2D eigenvalue weighted by Crippen LogP contribution is -2.07. The van der Waals surface area contributed by atoms with E-state index in [0.29, 0.717) is 10.2 Å². The molecular formula is C24H17ClN2OS. The second-order valence-electron chi connectivity index (χ2n) is 6.36. The van der Waals surface area contributed by atoms with Crippen LogP contribution in [0.25, 0.3) is 28.5 Å². The first-order chi connectivity index (χ1) is 14.2. The van der Waals surface area contributed by atoms with E-state index in [1.54, 1.807) is 18.2 Å². The van der Waals surface area contributed by atoms with E-state index in [1.807, 2.05) is 47.8 Å². The minimum absolute atomic E-state index is 0.231. The van der Waals surface area contributed by atoms with Crippen LogP contribution in [0.15, 0.2) is 90.3 Å². The third-order valence-corrected chi connectivity index (χ3v) is 5.29. The van der Waals surface area contributed by atoms with Crippen LogP contribution in [-0.4, -0.2) is 10.9 Å². The van der Waals surface area contributed by atoms with Crippen LogP contribution in [-0.2, 0) is 4.79 Å². The predicted molar refractivity (Wildman–Crippen MR) is 122 cm³/mol. The molecule has 0 saturated heterocycles. The Labute approximate surface area is 178 Å². The van der Waals surface area contributed by atoms with Gasteiger partial charge in [-0.1, -0.05) is 78.3 Å². The van der Waals surface area contributed by atoms with E-state index >= 15 is 0 Å². The number of carbonyl (C=O) groups excluding carboxylic acids is 1. The van der Waals surface area contributed by atoms with Gasteiger partial charge in [0.25, 0.3) is 0 Å². The molecule has 0 fully saturated rings. The first kappa shape index (κ1) is 19.1. The standard InChI is InChI=1S/C24H17ClN2OS/c25-21-8-4-5-17(15-21)9-14-23(28)27-24-26-22(16-29-24)20-12-10-19(11-13-20)18-6-2-1-3-7-18/h1-16H,(H,26,27,28)/b14-9+. The van der Waals surface area contributed by atoms with Crippen molar-refractivity contribution in [2.75, 3.05) is 5.32 Å². The van der Waals surface area contributed by atoms with Crippen molar-refractivity contribution in [2.24, 2.45) is 0 Å². The van der Waals surface area contributed by atoms with Gasteiger partial charge >= 0.3 is 0 Å². The van der Waals surface area contributed by atoms with Crippen molar-refractivity contribution >= 4 is 40.1 Å². The summed E-state index contributed by atoms with van der Waals surface area (Å²) >= 11 is 7.35. The summed E-state index contributed by atoms with van der Waals surface area (Å²) in [4.78, 5) is 16.7. The number of nitrogens with zero attached hydrogens (tertiary/aromatic N) is 1. The third kappa shape index (κ3) is 4.99. The molecule has 4 rings (SSSR count). The Morgan fingerprint density at radius 3 is 2.38 bits per heavy atom. The Hall–Kier alpha value is -3.21. The van der Waals surface area contributed by atoms with Crippen molar-refractivity contribution in [1.29, 1.82) is 0 Å². The number of amides is 1. The minimum Gasteiger partial charge on any atom is -0.298 e. The molecule has 0 aliphatic carbocycles. The van der Waals surface area contributed by atoms with E-state index in [0.717, 1.165) is 22.4 Å². The lowest BCUT2D eigenvalue weighted by Gasteiger charge is -2.03. The minimum atomic E-state index is -0.231. The van der Waals surface area contributed by atoms with Gasteiger partial charge in [0.15, 0.2) is 5.13 Å². The van der Waals surface area contributed by atoms with E-state index < -0.39 is 0 Å². The zero-order valence-electron chi connectivity index (χ0n) is 15.4. The van der Waals surface area contributed by atoms with Crippen LogP contribution in [0.2, 0.25) is 5.02 Å². The molecule has 5 heteroatoms. The quantitative estimate of drug-likeness (QED) is 0.364. The molecule has 0 aliphatic rings. The average molecular weight is 417 g/mol. The van der Waals surface area contributed by atoms with Crippen molar-refractivity contribution < 1.29 is 4.79 Å². The summed E-state index contributed by atoms with van der Waals surface area (Å²) in [6.45, 7) is 0. The second kappa shape index (κ2) is 8.86. The SMILES string of the molecule is O=C(/C=C/c1cccc(Cl)c1)Nc1nc(-c2ccc(-c3ccccc3)cc2)cs1. The summed E-state index contributed by atoms with van der Waals surface area (Å²) in [5.74, 6) is -0.231. The number of rotatable bonds is 5. The number of hydrogen-bond acceptors (Lipinski definition) is 3. The van der Waals surface area contributed by atoms with Gasteiger partial charge in [0.1, 0.15) is 0 Å². The maximum atomic E-state index is 12.2. The molecule has 0 unspecified atom stereocenters. The molecule has 1 heterocycles. The van der Waals surface area contributed by atoms with Crippen LogP contribution in [0, 0.1) is 0 Å². The molecule has 0 aliphatic heterocycles. The smallest absolute Gasteiger partial charge is 0.250 e. The first-order valence-electron chi connectivity index (χ1n) is 9.03. The van der Waals surface area contributed by atoms with Gasteiger partial charge in [0.2, 0.25) is 5.91 Å². The molecule has 1 aromatic heterocycles. The number of benzene rings is 3. The van der Waals surface area contributed by atoms with Gasteiger partial charge < -0.3 is 0 Å². The second-order valence-corrected chi connectivity index (χ2v) is 7.65. The Kier molecular flexibility index (Phi) is 5.84. The normalized spacial score (nSPS) is 10.9. The summed E-state index contributed by atoms with van der Waals surface area (Å²) in [7, 11) is 0. The summed E-state index contributed by atoms with van der Waals surface area (Å²) in [5.41, 5.74) is 5.05. The third-order valence-electron chi connectivity index (χ3n) is 4.30. The van der Waals surface area contributed by atoms with Crippen LogP contribution in [0.3, 0.4) is 0 Å². The molecule has 29 heavy (non-hydrogen) atoms. The molecule has 0 bridgehead atoms. The van der Waals surface area contributed by atoms with Crippen molar-refractivity contribution in [2.45, 2.75) is 0 Å². The maximum absolute atomic E-state index is 12.2. The molecule has 1 N–H and O–H groups in total. The van der Waals surface area contributed by atoms with Gasteiger partial charge in [-0.25, -0.2) is 4.98 Å². The summed E-state index contributed by atoms with van der Waals surface area (Å²) in [5, 5.41) is 5.94. The van der Waals surface area contributed by atoms with E-state index in [9.17, 15) is 4.79 Å². The topological polar surface area (TPSA) is 42.0 Å². The number of nitrogens with one attached hydrogen (secondary N) is 1. The fourth-order valence-corrected chi connectivity index (χ4v) is 3.78. The first-order valence-corrected chi connectivity index (χ1v) is 10.3. The van der Waals surface area contributed by atoms with Crippen molar-refractivity contribution in [1.82, 2.24) is 4.98 Å². The van der Waals surface area contributed by atoms with Crippen LogP contribution >= 0.6 is 22.9 Å². The van der Waals surface area contributed by atoms with E-state index in [4.69, 9.17) is 11.6 Å². The lowest BCUT2D eigenvalue weighted by atomic mass is 10.0. The van der Waals surface area contributed by atoms with E-state index in [-0.39, 0.29) is 5.91 Å². The molecule has 0 spiro atoms. The highest BCUT2D eigenvalue weighted by atomic mass is 35.5. The highest BCUT2D eigenvalue weighted by molar-refractivity contribution is 7.14. The van der Waals surface area contributed by atoms with Gasteiger partial charge in [0.05, 0.1) is 5.69 Å². The number of thiazole rings is 1. The molecule has 0 atom stereocenters. The Morgan fingerprint density at radius 1 is 0.897 bits per heavy atom. The van der Waals surface area contributed by atoms with E-state index in [1.165, 1.54) is 23.0 Å². The molecule has 4 aromatic rings. The maximum Gasteiger partial charge on any atom is 0.250 e. The zero-order chi connectivity index (χ0) is 20.1. The van der Waals surface area contributed by atoms with Gasteiger partial charge in [-0.15, -0.1) is 11.3 Å². The van der Waals surface area contributed by atoms with Gasteiger partial charge in [-0.2, -0.15) is 0 Å². The Balaban J connectivity index is 1.42. The molecule has 0 saturated carbocycles.